The van der Waals surface area contributed by atoms with Gasteiger partial charge in [-0.1, -0.05) is 30.3 Å². The van der Waals surface area contributed by atoms with Gasteiger partial charge in [-0.25, -0.2) is 0 Å². The fourth-order valence-corrected chi connectivity index (χ4v) is 6.95. The Balaban J connectivity index is 1.00. The van der Waals surface area contributed by atoms with Crippen LogP contribution < -0.4 is 11.1 Å². The molecule has 3 N–H and O–H groups in total. The number of hydrogen-bond acceptors (Lipinski definition) is 7. The summed E-state index contributed by atoms with van der Waals surface area (Å²) in [6.07, 6.45) is 10.8. The van der Waals surface area contributed by atoms with Crippen LogP contribution in [-0.2, 0) is 25.7 Å². The number of hydrogen-bond donors (Lipinski definition) is 2. The predicted molar refractivity (Wildman–Crippen MR) is 152 cm³/mol. The van der Waals surface area contributed by atoms with Crippen molar-refractivity contribution >= 4 is 17.6 Å². The van der Waals surface area contributed by atoms with Crippen molar-refractivity contribution in [1.29, 1.82) is 0 Å². The van der Waals surface area contributed by atoms with E-state index in [1.54, 1.807) is 4.68 Å². The van der Waals surface area contributed by atoms with Crippen LogP contribution >= 0.6 is 0 Å². The number of fused-ring (bicyclic) bond motifs is 4. The lowest BCUT2D eigenvalue weighted by atomic mass is 9.92. The summed E-state index contributed by atoms with van der Waals surface area (Å²) in [4.78, 5) is 7.23. The molecule has 0 unspecified atom stereocenters. The van der Waals surface area contributed by atoms with Gasteiger partial charge in [-0.05, 0) is 104 Å². The normalized spacial score (nSPS) is 21.2. The molecule has 3 aliphatic carbocycles. The number of nitrogens with one attached hydrogen (secondary N) is 1. The SMILES string of the molecule is Nc1nc(Nc2ccc3c(c2)CC[C@H](N2CC4(CC4)C2)CC3)nn1-c1cc2c(nn1)-c1ccccc1CCC2. The molecule has 1 saturated heterocycles. The molecule has 2 aromatic carbocycles. The van der Waals surface area contributed by atoms with Crippen molar-refractivity contribution < 1.29 is 0 Å². The maximum Gasteiger partial charge on any atom is 0.248 e. The van der Waals surface area contributed by atoms with Gasteiger partial charge in [0.25, 0.3) is 0 Å². The van der Waals surface area contributed by atoms with Crippen molar-refractivity contribution in [1.82, 2.24) is 29.9 Å². The van der Waals surface area contributed by atoms with Crippen molar-refractivity contribution in [3.05, 3.63) is 70.8 Å². The molecule has 4 aliphatic rings. The molecule has 0 amide bonds. The molecule has 1 atom stereocenters. The van der Waals surface area contributed by atoms with E-state index in [4.69, 9.17) is 5.73 Å². The number of aromatic nitrogens is 5. The van der Waals surface area contributed by atoms with Crippen molar-refractivity contribution in [2.45, 2.75) is 63.8 Å². The largest absolute Gasteiger partial charge is 0.368 e. The molecule has 8 rings (SSSR count). The summed E-state index contributed by atoms with van der Waals surface area (Å²) in [5.41, 5.74) is 15.6. The van der Waals surface area contributed by atoms with Crippen molar-refractivity contribution in [3.63, 3.8) is 0 Å². The molecular weight excluding hydrogens is 484 g/mol. The van der Waals surface area contributed by atoms with Crippen LogP contribution in [0.2, 0.25) is 0 Å². The van der Waals surface area contributed by atoms with Gasteiger partial charge < -0.3 is 11.1 Å². The molecule has 4 aromatic rings. The van der Waals surface area contributed by atoms with Crippen LogP contribution in [0.25, 0.3) is 17.1 Å². The van der Waals surface area contributed by atoms with Crippen molar-refractivity contribution in [3.8, 4) is 17.1 Å². The van der Waals surface area contributed by atoms with Gasteiger partial charge in [0.05, 0.1) is 5.69 Å². The Labute approximate surface area is 228 Å². The summed E-state index contributed by atoms with van der Waals surface area (Å²) < 4.78 is 1.58. The number of anilines is 3. The Kier molecular flexibility index (Phi) is 5.27. The molecule has 198 valence electrons. The van der Waals surface area contributed by atoms with Crippen molar-refractivity contribution in [2.75, 3.05) is 24.1 Å². The first-order valence-electron chi connectivity index (χ1n) is 14.4. The van der Waals surface area contributed by atoms with Crippen LogP contribution in [0.4, 0.5) is 17.6 Å². The van der Waals surface area contributed by atoms with E-state index >= 15 is 0 Å². The molecule has 3 heterocycles. The fourth-order valence-electron chi connectivity index (χ4n) is 6.95. The van der Waals surface area contributed by atoms with Gasteiger partial charge in [0.15, 0.2) is 5.82 Å². The van der Waals surface area contributed by atoms with Gasteiger partial charge in [-0.3, -0.25) is 4.90 Å². The summed E-state index contributed by atoms with van der Waals surface area (Å²) in [6, 6.07) is 17.9. The van der Waals surface area contributed by atoms with E-state index in [2.05, 4.69) is 79.0 Å². The molecule has 8 heteroatoms. The van der Waals surface area contributed by atoms with E-state index < -0.39 is 0 Å². The maximum absolute atomic E-state index is 6.30. The smallest absolute Gasteiger partial charge is 0.248 e. The molecule has 1 saturated carbocycles. The lowest BCUT2D eigenvalue weighted by Crippen LogP contribution is -2.53. The van der Waals surface area contributed by atoms with Gasteiger partial charge in [0, 0.05) is 30.4 Å². The third kappa shape index (κ3) is 4.18. The van der Waals surface area contributed by atoms with Gasteiger partial charge in [0.2, 0.25) is 11.9 Å². The van der Waals surface area contributed by atoms with E-state index in [1.807, 2.05) is 0 Å². The highest BCUT2D eigenvalue weighted by atomic mass is 15.4. The number of benzene rings is 2. The Morgan fingerprint density at radius 3 is 2.54 bits per heavy atom. The summed E-state index contributed by atoms with van der Waals surface area (Å²) in [7, 11) is 0. The van der Waals surface area contributed by atoms with E-state index in [0.717, 1.165) is 54.9 Å². The van der Waals surface area contributed by atoms with Crippen LogP contribution in [0, 0.1) is 5.41 Å². The summed E-state index contributed by atoms with van der Waals surface area (Å²) in [5.74, 6) is 1.36. The second kappa shape index (κ2) is 8.88. The molecule has 0 bridgehead atoms. The maximum atomic E-state index is 6.30. The molecule has 8 nitrogen and oxygen atoms in total. The van der Waals surface area contributed by atoms with Crippen LogP contribution in [0.5, 0.6) is 0 Å². The summed E-state index contributed by atoms with van der Waals surface area (Å²) in [5, 5.41) is 17.1. The molecule has 0 radical (unpaired) electrons. The van der Waals surface area contributed by atoms with Gasteiger partial charge >= 0.3 is 0 Å². The number of nitrogens with two attached hydrogens (primary N) is 1. The number of nitrogen functional groups attached to an aromatic ring is 1. The molecule has 2 fully saturated rings. The standard InChI is InChI=1S/C31H34N8/c32-29-34-30(37-39(29)27-17-23-6-3-5-21-4-1-2-7-26(21)28(23)36-35-27)33-24-11-8-20-9-12-25(13-10-22(20)16-24)38-18-31(19-38)14-15-31/h1-2,4,7-8,11,16-17,25H,3,5-6,9-10,12-15,18-19H2,(H3,32,33,34,37)/t25-/m1/s1. The minimum absolute atomic E-state index is 0.293. The fraction of sp³-hybridized carbons (Fsp3) is 0.419. The van der Waals surface area contributed by atoms with Crippen molar-refractivity contribution in [2.24, 2.45) is 5.41 Å². The minimum Gasteiger partial charge on any atom is -0.368 e. The Morgan fingerprint density at radius 1 is 0.846 bits per heavy atom. The lowest BCUT2D eigenvalue weighted by molar-refractivity contribution is 0.0301. The van der Waals surface area contributed by atoms with Crippen LogP contribution in [0.15, 0.2) is 48.5 Å². The van der Waals surface area contributed by atoms with Crippen LogP contribution in [-0.4, -0.2) is 49.0 Å². The molecular formula is C31H34N8. The average molecular weight is 519 g/mol. The van der Waals surface area contributed by atoms with E-state index in [1.165, 1.54) is 66.6 Å². The number of likely N-dealkylation sites (tertiary alicyclic amines) is 1. The third-order valence-electron chi connectivity index (χ3n) is 9.38. The molecule has 2 aromatic heterocycles. The zero-order valence-corrected chi connectivity index (χ0v) is 22.2. The number of nitrogens with zero attached hydrogens (tertiary/aromatic N) is 6. The third-order valence-corrected chi connectivity index (χ3v) is 9.38. The second-order valence-electron chi connectivity index (χ2n) is 12.0. The molecule has 1 spiro atoms. The highest BCUT2D eigenvalue weighted by Gasteiger charge is 2.53. The van der Waals surface area contributed by atoms with Gasteiger partial charge in [0.1, 0.15) is 0 Å². The predicted octanol–water partition coefficient (Wildman–Crippen LogP) is 4.88. The Hall–Kier alpha value is -3.78. The monoisotopic (exact) mass is 518 g/mol. The number of aryl methyl sites for hydroxylation is 4. The lowest BCUT2D eigenvalue weighted by Gasteiger charge is -2.45. The first-order valence-corrected chi connectivity index (χ1v) is 14.4. The second-order valence-corrected chi connectivity index (χ2v) is 12.0. The Bertz CT molecular complexity index is 1560. The highest BCUT2D eigenvalue weighted by molar-refractivity contribution is 5.68. The molecule has 39 heavy (non-hydrogen) atoms. The molecule has 1 aliphatic heterocycles. The summed E-state index contributed by atoms with van der Waals surface area (Å²) in [6.45, 7) is 2.66. The first-order chi connectivity index (χ1) is 19.1. The quantitative estimate of drug-likeness (QED) is 0.372. The first kappa shape index (κ1) is 23.1. The highest BCUT2D eigenvalue weighted by Crippen LogP contribution is 2.54. The zero-order chi connectivity index (χ0) is 26.0. The van der Waals surface area contributed by atoms with Gasteiger partial charge in [-0.2, -0.15) is 9.67 Å². The Morgan fingerprint density at radius 2 is 1.67 bits per heavy atom. The zero-order valence-electron chi connectivity index (χ0n) is 22.2. The van der Waals surface area contributed by atoms with E-state index in [9.17, 15) is 0 Å². The number of rotatable bonds is 4. The summed E-state index contributed by atoms with van der Waals surface area (Å²) >= 11 is 0. The average Bonchev–Trinajstić information content (AvgIpc) is 3.71. The minimum atomic E-state index is 0.293. The topological polar surface area (TPSA) is 97.8 Å². The van der Waals surface area contributed by atoms with E-state index in [0.29, 0.717) is 17.7 Å². The van der Waals surface area contributed by atoms with E-state index in [-0.39, 0.29) is 0 Å². The van der Waals surface area contributed by atoms with Gasteiger partial charge in [-0.15, -0.1) is 15.3 Å². The van der Waals surface area contributed by atoms with Crippen LogP contribution in [0.1, 0.15) is 54.4 Å². The van der Waals surface area contributed by atoms with Crippen LogP contribution in [0.3, 0.4) is 0 Å².